The minimum absolute atomic E-state index is 0.0428. The number of ether oxygens (including phenoxy) is 1. The molecule has 6 heteroatoms. The maximum Gasteiger partial charge on any atom is 0.223 e. The molecule has 0 radical (unpaired) electrons. The van der Waals surface area contributed by atoms with Gasteiger partial charge in [0.05, 0.1) is 11.6 Å². The van der Waals surface area contributed by atoms with Crippen LogP contribution in [0.3, 0.4) is 0 Å². The van der Waals surface area contributed by atoms with E-state index in [9.17, 15) is 5.11 Å². The molecule has 26 heavy (non-hydrogen) atoms. The van der Waals surface area contributed by atoms with Gasteiger partial charge < -0.3 is 20.1 Å². The van der Waals surface area contributed by atoms with E-state index < -0.39 is 0 Å². The van der Waals surface area contributed by atoms with E-state index in [0.29, 0.717) is 18.6 Å². The van der Waals surface area contributed by atoms with Crippen molar-refractivity contribution in [2.24, 2.45) is 0 Å². The summed E-state index contributed by atoms with van der Waals surface area (Å²) >= 11 is 0. The average Bonchev–Trinajstić information content (AvgIpc) is 2.61. The van der Waals surface area contributed by atoms with Crippen LogP contribution in [0.25, 0.3) is 10.9 Å². The Bertz CT molecular complexity index is 740. The molecule has 2 aromatic rings. The summed E-state index contributed by atoms with van der Waals surface area (Å²) in [6.45, 7) is 4.91. The lowest BCUT2D eigenvalue weighted by Gasteiger charge is -2.32. The Balaban J connectivity index is 1.69. The average molecular weight is 358 g/mol. The number of aliphatic hydroxyl groups excluding tert-OH is 1. The summed E-state index contributed by atoms with van der Waals surface area (Å²) in [5, 5.41) is 14.0. The first-order valence-electron chi connectivity index (χ1n) is 9.35. The largest absolute Gasteiger partial charge is 0.492 e. The Morgan fingerprint density at radius 2 is 1.96 bits per heavy atom. The summed E-state index contributed by atoms with van der Waals surface area (Å²) in [5.41, 5.74) is 0.831. The highest BCUT2D eigenvalue weighted by Crippen LogP contribution is 2.24. The Morgan fingerprint density at radius 3 is 2.65 bits per heavy atom. The first kappa shape index (κ1) is 18.9. The van der Waals surface area contributed by atoms with Gasteiger partial charge >= 0.3 is 0 Å². The maximum atomic E-state index is 9.63. The number of nitrogens with one attached hydrogen (secondary N) is 1. The fourth-order valence-corrected chi connectivity index (χ4v) is 2.95. The van der Waals surface area contributed by atoms with E-state index in [4.69, 9.17) is 4.74 Å². The van der Waals surface area contributed by atoms with Gasteiger partial charge in [-0.1, -0.05) is 0 Å². The van der Waals surface area contributed by atoms with E-state index in [-0.39, 0.29) is 11.6 Å². The van der Waals surface area contributed by atoms with Crippen molar-refractivity contribution in [2.75, 3.05) is 26.0 Å². The molecule has 1 aromatic carbocycles. The highest BCUT2D eigenvalue weighted by Gasteiger charge is 2.22. The van der Waals surface area contributed by atoms with Crippen LogP contribution in [-0.4, -0.2) is 58.4 Å². The number of aliphatic hydroxyl groups is 1. The molecule has 0 bridgehead atoms. The SMILES string of the molecule is CN(C)C(C)(C)COc1ccc2cnc(N[C@H]3CC[C@H](O)CC3)nc2c1. The second-order valence-corrected chi connectivity index (χ2v) is 8.06. The van der Waals surface area contributed by atoms with Gasteiger partial charge in [0.25, 0.3) is 0 Å². The van der Waals surface area contributed by atoms with Crippen molar-refractivity contribution >= 4 is 16.9 Å². The fourth-order valence-electron chi connectivity index (χ4n) is 2.95. The summed E-state index contributed by atoms with van der Waals surface area (Å²) < 4.78 is 5.99. The van der Waals surface area contributed by atoms with Crippen LogP contribution in [0.5, 0.6) is 5.75 Å². The quantitative estimate of drug-likeness (QED) is 0.827. The van der Waals surface area contributed by atoms with E-state index in [2.05, 4.69) is 48.1 Å². The van der Waals surface area contributed by atoms with Crippen molar-refractivity contribution in [1.29, 1.82) is 0 Å². The number of hydrogen-bond donors (Lipinski definition) is 2. The predicted octanol–water partition coefficient (Wildman–Crippen LogP) is 3.06. The van der Waals surface area contributed by atoms with E-state index >= 15 is 0 Å². The lowest BCUT2D eigenvalue weighted by Crippen LogP contribution is -2.43. The van der Waals surface area contributed by atoms with E-state index in [1.54, 1.807) is 0 Å². The van der Waals surface area contributed by atoms with Gasteiger partial charge in [0, 0.05) is 29.2 Å². The van der Waals surface area contributed by atoms with Crippen molar-refractivity contribution in [2.45, 2.75) is 57.2 Å². The second kappa shape index (κ2) is 7.76. The first-order chi connectivity index (χ1) is 12.3. The molecule has 0 aliphatic heterocycles. The standard InChI is InChI=1S/C20H30N4O2/c1-20(2,24(3)4)13-26-17-10-5-14-12-21-19(23-18(14)11-17)22-15-6-8-16(25)9-7-15/h5,10-12,15-16,25H,6-9,13H2,1-4H3,(H,21,22,23)/t15-,16-. The molecule has 0 saturated heterocycles. The molecule has 0 amide bonds. The summed E-state index contributed by atoms with van der Waals surface area (Å²) in [4.78, 5) is 11.2. The molecule has 0 spiro atoms. The molecular weight excluding hydrogens is 328 g/mol. The van der Waals surface area contributed by atoms with Crippen molar-refractivity contribution < 1.29 is 9.84 Å². The number of benzene rings is 1. The van der Waals surface area contributed by atoms with Crippen LogP contribution in [0.4, 0.5) is 5.95 Å². The van der Waals surface area contributed by atoms with Crippen molar-refractivity contribution in [3.8, 4) is 5.75 Å². The van der Waals surface area contributed by atoms with Crippen molar-refractivity contribution in [3.63, 3.8) is 0 Å². The second-order valence-electron chi connectivity index (χ2n) is 8.06. The Kier molecular flexibility index (Phi) is 5.63. The Labute approximate surface area is 155 Å². The van der Waals surface area contributed by atoms with Gasteiger partial charge in [-0.2, -0.15) is 0 Å². The third kappa shape index (κ3) is 4.62. The van der Waals surface area contributed by atoms with Gasteiger partial charge in [-0.15, -0.1) is 0 Å². The third-order valence-electron chi connectivity index (χ3n) is 5.39. The zero-order valence-corrected chi connectivity index (χ0v) is 16.2. The molecule has 1 aliphatic rings. The molecule has 0 unspecified atom stereocenters. The van der Waals surface area contributed by atoms with Crippen LogP contribution in [0.15, 0.2) is 24.4 Å². The molecule has 0 atom stereocenters. The van der Waals surface area contributed by atoms with Gasteiger partial charge in [-0.3, -0.25) is 0 Å². The molecule has 142 valence electrons. The monoisotopic (exact) mass is 358 g/mol. The van der Waals surface area contributed by atoms with Gasteiger partial charge in [0.1, 0.15) is 12.4 Å². The maximum absolute atomic E-state index is 9.63. The van der Waals surface area contributed by atoms with Gasteiger partial charge in [-0.05, 0) is 65.8 Å². The topological polar surface area (TPSA) is 70.5 Å². The van der Waals surface area contributed by atoms with E-state index in [1.165, 1.54) is 0 Å². The van der Waals surface area contributed by atoms with Gasteiger partial charge in [-0.25, -0.2) is 9.97 Å². The van der Waals surface area contributed by atoms with Crippen LogP contribution in [0.1, 0.15) is 39.5 Å². The number of rotatable bonds is 6. The minimum atomic E-state index is -0.156. The van der Waals surface area contributed by atoms with Crippen LogP contribution >= 0.6 is 0 Å². The van der Waals surface area contributed by atoms with Crippen molar-refractivity contribution in [3.05, 3.63) is 24.4 Å². The highest BCUT2D eigenvalue weighted by atomic mass is 16.5. The summed E-state index contributed by atoms with van der Waals surface area (Å²) in [5.74, 6) is 1.46. The molecule has 1 aliphatic carbocycles. The van der Waals surface area contributed by atoms with Crippen LogP contribution in [0.2, 0.25) is 0 Å². The zero-order valence-electron chi connectivity index (χ0n) is 16.2. The molecule has 1 heterocycles. The molecule has 3 rings (SSSR count). The fraction of sp³-hybridized carbons (Fsp3) is 0.600. The minimum Gasteiger partial charge on any atom is -0.492 e. The lowest BCUT2D eigenvalue weighted by atomic mass is 9.93. The normalized spacial score (nSPS) is 21.2. The van der Waals surface area contributed by atoms with Gasteiger partial charge in [0.2, 0.25) is 5.95 Å². The number of likely N-dealkylation sites (N-methyl/N-ethyl adjacent to an activating group) is 1. The molecular formula is C20H30N4O2. The number of nitrogens with zero attached hydrogens (tertiary/aromatic N) is 3. The van der Waals surface area contributed by atoms with Crippen LogP contribution in [0, 0.1) is 0 Å². The molecule has 1 saturated carbocycles. The zero-order chi connectivity index (χ0) is 18.7. The van der Waals surface area contributed by atoms with Crippen LogP contribution < -0.4 is 10.1 Å². The first-order valence-corrected chi connectivity index (χ1v) is 9.35. The highest BCUT2D eigenvalue weighted by molar-refractivity contribution is 5.80. The lowest BCUT2D eigenvalue weighted by molar-refractivity contribution is 0.114. The Hall–Kier alpha value is -1.92. The number of hydrogen-bond acceptors (Lipinski definition) is 6. The molecule has 6 nitrogen and oxygen atoms in total. The van der Waals surface area contributed by atoms with Crippen LogP contribution in [-0.2, 0) is 0 Å². The van der Waals surface area contributed by atoms with Gasteiger partial charge in [0.15, 0.2) is 0 Å². The summed E-state index contributed by atoms with van der Waals surface area (Å²) in [6.07, 6.45) is 5.26. The van der Waals surface area contributed by atoms with E-state index in [0.717, 1.165) is 42.3 Å². The predicted molar refractivity (Wildman–Crippen MR) is 105 cm³/mol. The Morgan fingerprint density at radius 1 is 1.23 bits per heavy atom. The molecule has 1 aromatic heterocycles. The van der Waals surface area contributed by atoms with Crippen molar-refractivity contribution in [1.82, 2.24) is 14.9 Å². The number of anilines is 1. The smallest absolute Gasteiger partial charge is 0.223 e. The van der Waals surface area contributed by atoms with E-state index in [1.807, 2.05) is 24.4 Å². The summed E-state index contributed by atoms with van der Waals surface area (Å²) in [6, 6.07) is 6.26. The molecule has 1 fully saturated rings. The molecule has 2 N–H and O–H groups in total. The summed E-state index contributed by atoms with van der Waals surface area (Å²) in [7, 11) is 4.11. The third-order valence-corrected chi connectivity index (χ3v) is 5.39. The number of fused-ring (bicyclic) bond motifs is 1. The number of aromatic nitrogens is 2.